The number of phenols is 1. The van der Waals surface area contributed by atoms with Gasteiger partial charge in [0, 0.05) is 28.5 Å². The Morgan fingerprint density at radius 2 is 1.94 bits per heavy atom. The molecule has 0 radical (unpaired) electrons. The van der Waals surface area contributed by atoms with Gasteiger partial charge in [-0.15, -0.1) is 0 Å². The van der Waals surface area contributed by atoms with Crippen LogP contribution >= 0.6 is 0 Å². The van der Waals surface area contributed by atoms with Gasteiger partial charge in [-0.3, -0.25) is 4.98 Å². The second kappa shape index (κ2) is 9.47. The van der Waals surface area contributed by atoms with Crippen LogP contribution in [0, 0.1) is 6.92 Å². The summed E-state index contributed by atoms with van der Waals surface area (Å²) in [6.07, 6.45) is 2.48. The monoisotopic (exact) mass is 427 g/mol. The molecular formula is C26H25N3O3. The molecule has 4 aromatic rings. The lowest BCUT2D eigenvalue weighted by molar-refractivity contribution is 0.0505. The Kier molecular flexibility index (Phi) is 6.31. The molecule has 4 rings (SSSR count). The van der Waals surface area contributed by atoms with Crippen LogP contribution in [0.4, 0.5) is 5.69 Å². The van der Waals surface area contributed by atoms with Gasteiger partial charge in [-0.1, -0.05) is 37.3 Å². The first-order valence-electron chi connectivity index (χ1n) is 10.6. The lowest BCUT2D eigenvalue weighted by Crippen LogP contribution is -2.15. The minimum Gasteiger partial charge on any atom is -0.505 e. The molecule has 2 N–H and O–H groups in total. The third kappa shape index (κ3) is 4.54. The predicted octanol–water partition coefficient (Wildman–Crippen LogP) is 5.41. The van der Waals surface area contributed by atoms with Gasteiger partial charge in [-0.05, 0) is 49.7 Å². The zero-order valence-corrected chi connectivity index (χ0v) is 18.1. The topological polar surface area (TPSA) is 84.3 Å². The van der Waals surface area contributed by atoms with Gasteiger partial charge in [-0.25, -0.2) is 9.78 Å². The van der Waals surface area contributed by atoms with Crippen LogP contribution in [-0.2, 0) is 4.74 Å². The summed E-state index contributed by atoms with van der Waals surface area (Å²) in [4.78, 5) is 21.3. The van der Waals surface area contributed by atoms with Crippen LogP contribution < -0.4 is 5.32 Å². The largest absolute Gasteiger partial charge is 0.505 e. The van der Waals surface area contributed by atoms with Gasteiger partial charge in [0.25, 0.3) is 0 Å². The highest BCUT2D eigenvalue weighted by Crippen LogP contribution is 2.36. The minimum atomic E-state index is -0.454. The maximum absolute atomic E-state index is 12.3. The van der Waals surface area contributed by atoms with Gasteiger partial charge in [-0.2, -0.15) is 0 Å². The molecule has 32 heavy (non-hydrogen) atoms. The first-order valence-corrected chi connectivity index (χ1v) is 10.6. The molecule has 6 heteroatoms. The van der Waals surface area contributed by atoms with E-state index in [0.717, 1.165) is 23.2 Å². The van der Waals surface area contributed by atoms with Gasteiger partial charge in [0.05, 0.1) is 23.9 Å². The van der Waals surface area contributed by atoms with Crippen molar-refractivity contribution in [2.75, 3.05) is 11.9 Å². The lowest BCUT2D eigenvalue weighted by Gasteiger charge is -2.22. The van der Waals surface area contributed by atoms with Crippen LogP contribution in [-0.4, -0.2) is 27.7 Å². The molecule has 162 valence electrons. The molecule has 1 atom stereocenters. The van der Waals surface area contributed by atoms with E-state index in [1.165, 1.54) is 0 Å². The number of aryl methyl sites for hydroxylation is 1. The minimum absolute atomic E-state index is 0.105. The summed E-state index contributed by atoms with van der Waals surface area (Å²) in [6, 6.07) is 20.0. The van der Waals surface area contributed by atoms with Crippen molar-refractivity contribution in [1.82, 2.24) is 9.97 Å². The van der Waals surface area contributed by atoms with Crippen molar-refractivity contribution < 1.29 is 14.6 Å². The number of esters is 1. The second-order valence-electron chi connectivity index (χ2n) is 7.58. The molecule has 6 nitrogen and oxygen atoms in total. The van der Waals surface area contributed by atoms with Crippen molar-refractivity contribution in [2.24, 2.45) is 0 Å². The Balaban J connectivity index is 1.75. The number of aromatic hydroxyl groups is 1. The fourth-order valence-electron chi connectivity index (χ4n) is 3.56. The quantitative estimate of drug-likeness (QED) is 0.384. The number of rotatable bonds is 7. The van der Waals surface area contributed by atoms with Gasteiger partial charge in [0.15, 0.2) is 0 Å². The fourth-order valence-corrected chi connectivity index (χ4v) is 3.56. The molecule has 2 aromatic heterocycles. The van der Waals surface area contributed by atoms with Gasteiger partial charge < -0.3 is 15.2 Å². The van der Waals surface area contributed by atoms with E-state index in [2.05, 4.69) is 15.3 Å². The highest BCUT2D eigenvalue weighted by Gasteiger charge is 2.21. The van der Waals surface area contributed by atoms with Crippen LogP contribution in [0.25, 0.3) is 10.9 Å². The number of aromatic nitrogens is 2. The van der Waals surface area contributed by atoms with Crippen molar-refractivity contribution in [3.8, 4) is 5.75 Å². The normalized spacial score (nSPS) is 11.8. The van der Waals surface area contributed by atoms with Crippen LogP contribution in [0.15, 0.2) is 72.9 Å². The maximum atomic E-state index is 12.3. The molecule has 2 aromatic carbocycles. The molecule has 0 saturated carbocycles. The third-order valence-corrected chi connectivity index (χ3v) is 5.15. The molecule has 0 spiro atoms. The number of carbonyl (C=O) groups is 1. The number of benzene rings is 2. The average Bonchev–Trinajstić information content (AvgIpc) is 2.82. The Labute approximate surface area is 186 Å². The first-order chi connectivity index (χ1) is 15.6. The van der Waals surface area contributed by atoms with Crippen LogP contribution in [0.3, 0.4) is 0 Å². The first kappa shape index (κ1) is 21.3. The molecule has 1 unspecified atom stereocenters. The number of phenolic OH excluding ortho intramolecular Hbond substituents is 1. The Bertz CT molecular complexity index is 1240. The second-order valence-corrected chi connectivity index (χ2v) is 7.58. The van der Waals surface area contributed by atoms with Crippen molar-refractivity contribution >= 4 is 22.6 Å². The Morgan fingerprint density at radius 3 is 2.72 bits per heavy atom. The summed E-state index contributed by atoms with van der Waals surface area (Å²) in [5, 5.41) is 15.4. The molecule has 0 aliphatic rings. The van der Waals surface area contributed by atoms with Gasteiger partial charge in [0.2, 0.25) is 0 Å². The van der Waals surface area contributed by atoms with Crippen LogP contribution in [0.5, 0.6) is 5.75 Å². The van der Waals surface area contributed by atoms with E-state index in [9.17, 15) is 9.90 Å². The van der Waals surface area contributed by atoms with E-state index in [0.29, 0.717) is 28.9 Å². The summed E-state index contributed by atoms with van der Waals surface area (Å²) in [5.41, 5.74) is 3.92. The molecule has 0 bridgehead atoms. The van der Waals surface area contributed by atoms with Gasteiger partial charge in [0.1, 0.15) is 11.3 Å². The van der Waals surface area contributed by atoms with Crippen molar-refractivity contribution in [2.45, 2.75) is 26.3 Å². The Hall–Kier alpha value is -3.93. The average molecular weight is 428 g/mol. The summed E-state index contributed by atoms with van der Waals surface area (Å²) in [6.45, 7) is 4.22. The van der Waals surface area contributed by atoms with Crippen LogP contribution in [0.1, 0.15) is 46.7 Å². The number of carbonyl (C=O) groups excluding carboxylic acids is 1. The zero-order valence-electron chi connectivity index (χ0n) is 18.1. The number of hydrogen-bond acceptors (Lipinski definition) is 6. The summed E-state index contributed by atoms with van der Waals surface area (Å²) in [5.74, 6) is -0.258. The number of ether oxygens (including phenoxy) is 1. The molecule has 0 fully saturated rings. The fraction of sp³-hybridized carbons (Fsp3) is 0.192. The maximum Gasteiger partial charge on any atom is 0.338 e. The molecule has 2 heterocycles. The zero-order chi connectivity index (χ0) is 22.5. The number of hydrogen-bond donors (Lipinski definition) is 2. The third-order valence-electron chi connectivity index (χ3n) is 5.15. The summed E-state index contributed by atoms with van der Waals surface area (Å²) >= 11 is 0. The van der Waals surface area contributed by atoms with Gasteiger partial charge >= 0.3 is 5.97 Å². The highest BCUT2D eigenvalue weighted by atomic mass is 16.5. The van der Waals surface area contributed by atoms with E-state index >= 15 is 0 Å². The molecular weight excluding hydrogens is 402 g/mol. The van der Waals surface area contributed by atoms with Crippen molar-refractivity contribution in [3.05, 3.63) is 95.4 Å². The molecule has 0 amide bonds. The standard InChI is InChI=1S/C26H25N3O3/c1-3-15-32-26(31)19-7-6-8-20(16-19)29-24(22-9-4-5-14-27-22)21-13-12-18-11-10-17(2)28-23(18)25(21)30/h4-14,16,24,29-30H,3,15H2,1-2H3. The Morgan fingerprint density at radius 1 is 1.09 bits per heavy atom. The highest BCUT2D eigenvalue weighted by molar-refractivity contribution is 5.90. The summed E-state index contributed by atoms with van der Waals surface area (Å²) < 4.78 is 5.26. The molecule has 0 saturated heterocycles. The number of nitrogens with one attached hydrogen (secondary N) is 1. The van der Waals surface area contributed by atoms with Crippen molar-refractivity contribution in [1.29, 1.82) is 0 Å². The SMILES string of the molecule is CCCOC(=O)c1cccc(NC(c2ccccn2)c2ccc3ccc(C)nc3c2O)c1. The molecule has 0 aliphatic carbocycles. The number of anilines is 1. The van der Waals surface area contributed by atoms with E-state index in [1.807, 2.05) is 62.4 Å². The van der Waals surface area contributed by atoms with E-state index in [4.69, 9.17) is 4.74 Å². The van der Waals surface area contributed by atoms with E-state index in [1.54, 1.807) is 24.4 Å². The lowest BCUT2D eigenvalue weighted by atomic mass is 9.99. The number of nitrogens with zero attached hydrogens (tertiary/aromatic N) is 2. The number of fused-ring (bicyclic) bond motifs is 1. The predicted molar refractivity (Wildman–Crippen MR) is 125 cm³/mol. The smallest absolute Gasteiger partial charge is 0.338 e. The number of pyridine rings is 2. The molecule has 0 aliphatic heterocycles. The van der Waals surface area contributed by atoms with Crippen LogP contribution in [0.2, 0.25) is 0 Å². The van der Waals surface area contributed by atoms with E-state index in [-0.39, 0.29) is 11.7 Å². The summed E-state index contributed by atoms with van der Waals surface area (Å²) in [7, 11) is 0. The van der Waals surface area contributed by atoms with E-state index < -0.39 is 6.04 Å². The van der Waals surface area contributed by atoms with Crippen molar-refractivity contribution in [3.63, 3.8) is 0 Å².